The molecule has 0 amide bonds. The predicted molar refractivity (Wildman–Crippen MR) is 181 cm³/mol. The van der Waals surface area contributed by atoms with Crippen molar-refractivity contribution in [1.82, 2.24) is 4.72 Å². The number of aliphatic hydroxyl groups is 1. The molecular formula is C37H36N2O6S2. The third kappa shape index (κ3) is 7.93. The van der Waals surface area contributed by atoms with Gasteiger partial charge in [0.2, 0.25) is 10.0 Å². The molecular weight excluding hydrogens is 633 g/mol. The molecule has 4 atom stereocenters. The van der Waals surface area contributed by atoms with Gasteiger partial charge in [-0.3, -0.25) is 0 Å². The molecule has 47 heavy (non-hydrogen) atoms. The zero-order valence-corrected chi connectivity index (χ0v) is 27.4. The first-order valence-electron chi connectivity index (χ1n) is 15.4. The van der Waals surface area contributed by atoms with Crippen LogP contribution in [0.2, 0.25) is 0 Å². The Morgan fingerprint density at radius 1 is 0.809 bits per heavy atom. The van der Waals surface area contributed by atoms with E-state index in [9.17, 15) is 18.7 Å². The van der Waals surface area contributed by atoms with E-state index >= 15 is 0 Å². The zero-order valence-electron chi connectivity index (χ0n) is 25.8. The number of rotatable bonds is 11. The maximum absolute atomic E-state index is 12.8. The summed E-state index contributed by atoms with van der Waals surface area (Å²) >= 11 is 1.45. The number of hydrogen-bond donors (Lipinski definition) is 2. The first kappa shape index (κ1) is 32.9. The Hall–Kier alpha value is -4.03. The number of aromatic nitrogens is 1. The molecule has 4 aromatic carbocycles. The predicted octanol–water partition coefficient (Wildman–Crippen LogP) is 6.54. The van der Waals surface area contributed by atoms with Crippen molar-refractivity contribution < 1.29 is 27.7 Å². The quantitative estimate of drug-likeness (QED) is 0.0934. The number of benzene rings is 4. The van der Waals surface area contributed by atoms with E-state index in [0.29, 0.717) is 10.8 Å². The minimum absolute atomic E-state index is 0.0259. The van der Waals surface area contributed by atoms with Crippen LogP contribution in [0, 0.1) is 11.1 Å². The molecule has 0 spiro atoms. The van der Waals surface area contributed by atoms with E-state index in [-0.39, 0.29) is 36.2 Å². The monoisotopic (exact) mass is 668 g/mol. The maximum Gasteiger partial charge on any atom is 0.251 e. The molecule has 8 nitrogen and oxygen atoms in total. The molecule has 0 radical (unpaired) electrons. The van der Waals surface area contributed by atoms with Gasteiger partial charge < -0.3 is 19.8 Å². The Morgan fingerprint density at radius 2 is 1.53 bits per heavy atom. The minimum atomic E-state index is -3.64. The van der Waals surface area contributed by atoms with Gasteiger partial charge in [0.15, 0.2) is 12.5 Å². The van der Waals surface area contributed by atoms with E-state index in [0.717, 1.165) is 38.1 Å². The van der Waals surface area contributed by atoms with Gasteiger partial charge >= 0.3 is 0 Å². The molecule has 0 saturated carbocycles. The van der Waals surface area contributed by atoms with Gasteiger partial charge in [-0.05, 0) is 58.1 Å². The molecule has 0 bridgehead atoms. The second-order valence-electron chi connectivity index (χ2n) is 11.5. The van der Waals surface area contributed by atoms with Crippen LogP contribution in [-0.2, 0) is 32.6 Å². The summed E-state index contributed by atoms with van der Waals surface area (Å²) in [6.07, 6.45) is 0.303. The van der Waals surface area contributed by atoms with Crippen LogP contribution in [0.1, 0.15) is 41.6 Å². The fourth-order valence-corrected chi connectivity index (χ4v) is 7.71. The summed E-state index contributed by atoms with van der Waals surface area (Å²) in [7, 11) is -3.64. The second-order valence-corrected chi connectivity index (χ2v) is 14.3. The highest BCUT2D eigenvalue weighted by Gasteiger charge is 2.38. The Balaban J connectivity index is 1.24. The molecule has 6 rings (SSSR count). The third-order valence-corrected chi connectivity index (χ3v) is 10.8. The average molecular weight is 669 g/mol. The molecule has 0 aliphatic carbocycles. The summed E-state index contributed by atoms with van der Waals surface area (Å²) in [5.74, 6) is 0.529. The van der Waals surface area contributed by atoms with Crippen LogP contribution in [0.25, 0.3) is 11.1 Å². The molecule has 1 aliphatic rings. The Bertz CT molecular complexity index is 1900. The van der Waals surface area contributed by atoms with E-state index in [4.69, 9.17) is 9.47 Å². The van der Waals surface area contributed by atoms with Crippen molar-refractivity contribution in [3.05, 3.63) is 155 Å². The van der Waals surface area contributed by atoms with E-state index in [2.05, 4.69) is 11.6 Å². The molecule has 5 aromatic rings. The summed E-state index contributed by atoms with van der Waals surface area (Å²) in [5.41, 5.74) is 5.34. The molecule has 1 fully saturated rings. The molecule has 1 aromatic heterocycles. The highest BCUT2D eigenvalue weighted by molar-refractivity contribution is 7.99. The van der Waals surface area contributed by atoms with Gasteiger partial charge in [0.05, 0.1) is 23.7 Å². The smallest absolute Gasteiger partial charge is 0.251 e. The van der Waals surface area contributed by atoms with Gasteiger partial charge in [0.1, 0.15) is 0 Å². The van der Waals surface area contributed by atoms with Gasteiger partial charge in [-0.1, -0.05) is 97.5 Å². The van der Waals surface area contributed by atoms with Gasteiger partial charge in [-0.15, -0.1) is 0 Å². The van der Waals surface area contributed by atoms with E-state index in [1.165, 1.54) is 18.0 Å². The third-order valence-electron chi connectivity index (χ3n) is 8.25. The number of hydrogen-bond acceptors (Lipinski definition) is 7. The van der Waals surface area contributed by atoms with Crippen LogP contribution >= 0.6 is 11.8 Å². The normalized spacial score (nSPS) is 19.8. The van der Waals surface area contributed by atoms with Crippen molar-refractivity contribution in [3.8, 4) is 11.1 Å². The minimum Gasteiger partial charge on any atom is -0.618 e. The van der Waals surface area contributed by atoms with Gasteiger partial charge in [-0.2, -0.15) is 4.73 Å². The molecule has 242 valence electrons. The number of sulfonamides is 1. The summed E-state index contributed by atoms with van der Waals surface area (Å²) in [4.78, 5) is 0.223. The lowest BCUT2D eigenvalue weighted by atomic mass is 9.91. The number of nitrogens with one attached hydrogen (secondary N) is 1. The van der Waals surface area contributed by atoms with Crippen molar-refractivity contribution in [3.63, 3.8) is 0 Å². The summed E-state index contributed by atoms with van der Waals surface area (Å²) in [5, 5.41) is 22.5. The lowest BCUT2D eigenvalue weighted by Crippen LogP contribution is -2.39. The highest BCUT2D eigenvalue weighted by Crippen LogP contribution is 2.43. The zero-order chi connectivity index (χ0) is 32.8. The number of thioether (sulfide) groups is 1. The van der Waals surface area contributed by atoms with Crippen LogP contribution in [0.3, 0.4) is 0 Å². The molecule has 1 saturated heterocycles. The summed E-state index contributed by atoms with van der Waals surface area (Å²) in [6, 6.07) is 37.2. The Kier molecular flexibility index (Phi) is 10.4. The maximum atomic E-state index is 12.8. The van der Waals surface area contributed by atoms with Crippen LogP contribution in [0.5, 0.6) is 0 Å². The molecule has 1 aliphatic heterocycles. The van der Waals surface area contributed by atoms with Crippen LogP contribution in [0.4, 0.5) is 0 Å². The summed E-state index contributed by atoms with van der Waals surface area (Å²) in [6.45, 7) is 2.21. The van der Waals surface area contributed by atoms with Crippen molar-refractivity contribution in [2.24, 2.45) is 5.92 Å². The van der Waals surface area contributed by atoms with E-state index < -0.39 is 16.3 Å². The first-order chi connectivity index (χ1) is 22.8. The lowest BCUT2D eigenvalue weighted by Gasteiger charge is -2.41. The molecule has 10 heteroatoms. The van der Waals surface area contributed by atoms with Crippen molar-refractivity contribution in [1.29, 1.82) is 0 Å². The van der Waals surface area contributed by atoms with Crippen molar-refractivity contribution in [2.45, 2.75) is 48.5 Å². The number of ether oxygens (including phenoxy) is 2. The Morgan fingerprint density at radius 3 is 2.28 bits per heavy atom. The van der Waals surface area contributed by atoms with Crippen LogP contribution < -0.4 is 9.45 Å². The fourth-order valence-electron chi connectivity index (χ4n) is 5.59. The molecule has 4 unspecified atom stereocenters. The van der Waals surface area contributed by atoms with Crippen LogP contribution in [-0.4, -0.2) is 25.4 Å². The van der Waals surface area contributed by atoms with Gasteiger partial charge in [0, 0.05) is 35.9 Å². The second kappa shape index (κ2) is 14.8. The van der Waals surface area contributed by atoms with Gasteiger partial charge in [0.25, 0.3) is 5.03 Å². The average Bonchev–Trinajstić information content (AvgIpc) is 3.11. The number of pyridine rings is 1. The lowest BCUT2D eigenvalue weighted by molar-refractivity contribution is -0.645. The highest BCUT2D eigenvalue weighted by atomic mass is 32.2. The first-order valence-corrected chi connectivity index (χ1v) is 17.8. The number of nitrogens with zero attached hydrogens (tertiary/aromatic N) is 1. The van der Waals surface area contributed by atoms with E-state index in [1.807, 2.05) is 78.9 Å². The van der Waals surface area contributed by atoms with Crippen LogP contribution in [0.15, 0.2) is 137 Å². The largest absolute Gasteiger partial charge is 0.618 e. The topological polar surface area (TPSA) is 112 Å². The van der Waals surface area contributed by atoms with Gasteiger partial charge in [-0.25, -0.2) is 13.1 Å². The standard InChI is InChI=1S/C37H36N2O6S2/c1-26-34(25-46-35-15-5-6-20-39(35)41)44-37(45-36(26)29-18-16-27(24-40)17-19-29)32-12-8-11-31(22-32)30-10-7-9-28(21-30)23-38-47(42,43)33-13-3-2-4-14-33/h2-22,26,34,36-38,40H,23-25H2,1H3. The van der Waals surface area contributed by atoms with Crippen molar-refractivity contribution >= 4 is 21.8 Å². The van der Waals surface area contributed by atoms with E-state index in [1.54, 1.807) is 42.5 Å². The Labute approximate surface area is 279 Å². The van der Waals surface area contributed by atoms with Crippen molar-refractivity contribution in [2.75, 3.05) is 5.75 Å². The summed E-state index contributed by atoms with van der Waals surface area (Å²) < 4.78 is 42.3. The molecule has 2 N–H and O–H groups in total. The fraction of sp³-hybridized carbons (Fsp3) is 0.216. The SMILES string of the molecule is CC1C(CSc2cccc[n+]2[O-])OC(c2cccc(-c3cccc(CNS(=O)(=O)c4ccccc4)c3)c2)OC1c1ccc(CO)cc1. The number of aliphatic hydroxyl groups excluding tert-OH is 1. The molecule has 2 heterocycles.